The molecule has 1 fully saturated rings. The van der Waals surface area contributed by atoms with Crippen molar-refractivity contribution in [1.82, 2.24) is 4.90 Å². The number of nitrogens with zero attached hydrogens (tertiary/aromatic N) is 1. The summed E-state index contributed by atoms with van der Waals surface area (Å²) in [5, 5.41) is 0. The molecule has 0 aliphatic carbocycles. The van der Waals surface area contributed by atoms with Crippen LogP contribution in [0.5, 0.6) is 0 Å². The predicted octanol–water partition coefficient (Wildman–Crippen LogP) is 1.46. The van der Waals surface area contributed by atoms with Crippen molar-refractivity contribution in [3.8, 4) is 0 Å². The number of halogens is 2. The molecule has 4 nitrogen and oxygen atoms in total. The second-order valence-electron chi connectivity index (χ2n) is 5.07. The van der Waals surface area contributed by atoms with E-state index in [0.29, 0.717) is 13.2 Å². The van der Waals surface area contributed by atoms with Gasteiger partial charge in [-0.3, -0.25) is 4.79 Å². The van der Waals surface area contributed by atoms with Crippen molar-refractivity contribution >= 4 is 5.91 Å². The second-order valence-corrected chi connectivity index (χ2v) is 5.07. The van der Waals surface area contributed by atoms with Gasteiger partial charge in [0.1, 0.15) is 17.2 Å². The number of aryl methyl sites for hydroxylation is 1. The van der Waals surface area contributed by atoms with E-state index in [4.69, 9.17) is 10.5 Å². The summed E-state index contributed by atoms with van der Waals surface area (Å²) in [5.74, 6) is -2.31. The average Bonchev–Trinajstić information content (AvgIpc) is 2.43. The van der Waals surface area contributed by atoms with E-state index in [9.17, 15) is 13.6 Å². The summed E-state index contributed by atoms with van der Waals surface area (Å²) < 4.78 is 33.2. The van der Waals surface area contributed by atoms with Gasteiger partial charge in [-0.05, 0) is 25.5 Å². The Morgan fingerprint density at radius 2 is 2.20 bits per heavy atom. The molecule has 1 aliphatic heterocycles. The first kappa shape index (κ1) is 14.9. The smallest absolute Gasteiger partial charge is 0.260 e. The molecule has 2 N–H and O–H groups in total. The molecule has 1 aromatic rings. The number of hydrogen-bond acceptors (Lipinski definition) is 3. The van der Waals surface area contributed by atoms with Crippen LogP contribution < -0.4 is 5.73 Å². The van der Waals surface area contributed by atoms with E-state index in [1.807, 2.05) is 0 Å². The normalized spacial score (nSPS) is 20.9. The lowest BCUT2D eigenvalue weighted by molar-refractivity contribution is -0.0302. The monoisotopic (exact) mass is 284 g/mol. The molecule has 1 saturated heterocycles. The molecule has 0 spiro atoms. The third kappa shape index (κ3) is 2.81. The molecule has 1 aliphatic rings. The number of rotatable bonds is 2. The van der Waals surface area contributed by atoms with Gasteiger partial charge in [-0.15, -0.1) is 0 Å². The van der Waals surface area contributed by atoms with Gasteiger partial charge < -0.3 is 15.4 Å². The van der Waals surface area contributed by atoms with Crippen molar-refractivity contribution in [2.45, 2.75) is 26.0 Å². The Morgan fingerprint density at radius 3 is 2.85 bits per heavy atom. The zero-order chi connectivity index (χ0) is 14.9. The summed E-state index contributed by atoms with van der Waals surface area (Å²) in [6.07, 6.45) is -0.316. The summed E-state index contributed by atoms with van der Waals surface area (Å²) in [4.78, 5) is 13.7. The molecule has 110 valence electrons. The Bertz CT molecular complexity index is 520. The first-order valence-electron chi connectivity index (χ1n) is 6.53. The Kier molecular flexibility index (Phi) is 4.35. The van der Waals surface area contributed by atoms with E-state index in [0.717, 1.165) is 6.07 Å². The van der Waals surface area contributed by atoms with Crippen LogP contribution in [-0.4, -0.2) is 42.6 Å². The number of carbonyl (C=O) groups excluding carboxylic acids is 1. The minimum Gasteiger partial charge on any atom is -0.373 e. The van der Waals surface area contributed by atoms with Crippen LogP contribution in [0.1, 0.15) is 22.8 Å². The van der Waals surface area contributed by atoms with Crippen LogP contribution in [0.2, 0.25) is 0 Å². The maximum absolute atomic E-state index is 14.0. The molecule has 1 aromatic carbocycles. The minimum absolute atomic E-state index is 0.239. The van der Waals surface area contributed by atoms with E-state index in [1.165, 1.54) is 17.9 Å². The number of hydrogen-bond donors (Lipinski definition) is 1. The minimum atomic E-state index is -0.845. The third-order valence-electron chi connectivity index (χ3n) is 3.47. The van der Waals surface area contributed by atoms with Gasteiger partial charge in [0.05, 0.1) is 12.7 Å². The maximum Gasteiger partial charge on any atom is 0.260 e. The molecule has 2 unspecified atom stereocenters. The van der Waals surface area contributed by atoms with Gasteiger partial charge in [0.25, 0.3) is 5.91 Å². The summed E-state index contributed by atoms with van der Waals surface area (Å²) in [6, 6.07) is 2.17. The van der Waals surface area contributed by atoms with Gasteiger partial charge in [0.2, 0.25) is 0 Å². The fourth-order valence-corrected chi connectivity index (χ4v) is 2.19. The third-order valence-corrected chi connectivity index (χ3v) is 3.47. The standard InChI is InChI=1S/C14H18F2N2O2/c1-8-3-4-10(15)12(13(8)16)14(19)18-5-6-20-11(7-18)9(2)17/h3-4,9,11H,5-7,17H2,1-2H3. The van der Waals surface area contributed by atoms with Crippen molar-refractivity contribution in [2.24, 2.45) is 5.73 Å². The van der Waals surface area contributed by atoms with Crippen molar-refractivity contribution in [3.63, 3.8) is 0 Å². The Balaban J connectivity index is 2.25. The molecule has 0 saturated carbocycles. The van der Waals surface area contributed by atoms with Crippen molar-refractivity contribution in [1.29, 1.82) is 0 Å². The lowest BCUT2D eigenvalue weighted by Gasteiger charge is -2.34. The summed E-state index contributed by atoms with van der Waals surface area (Å²) in [6.45, 7) is 4.12. The molecule has 6 heteroatoms. The van der Waals surface area contributed by atoms with Crippen LogP contribution in [0.15, 0.2) is 12.1 Å². The van der Waals surface area contributed by atoms with Gasteiger partial charge in [0.15, 0.2) is 0 Å². The van der Waals surface area contributed by atoms with Crippen LogP contribution >= 0.6 is 0 Å². The summed E-state index contributed by atoms with van der Waals surface area (Å²) in [5.41, 5.74) is 5.48. The fourth-order valence-electron chi connectivity index (χ4n) is 2.19. The molecule has 0 bridgehead atoms. The van der Waals surface area contributed by atoms with E-state index < -0.39 is 23.1 Å². The lowest BCUT2D eigenvalue weighted by Crippen LogP contribution is -2.51. The molecule has 2 atom stereocenters. The summed E-state index contributed by atoms with van der Waals surface area (Å²) >= 11 is 0. The lowest BCUT2D eigenvalue weighted by atomic mass is 10.1. The topological polar surface area (TPSA) is 55.6 Å². The Labute approximate surface area is 116 Å². The Morgan fingerprint density at radius 1 is 1.50 bits per heavy atom. The number of carbonyl (C=O) groups is 1. The van der Waals surface area contributed by atoms with Crippen LogP contribution in [-0.2, 0) is 4.74 Å². The zero-order valence-corrected chi connectivity index (χ0v) is 11.5. The van der Waals surface area contributed by atoms with Crippen molar-refractivity contribution < 1.29 is 18.3 Å². The number of morpholine rings is 1. The number of amides is 1. The summed E-state index contributed by atoms with van der Waals surface area (Å²) in [7, 11) is 0. The largest absolute Gasteiger partial charge is 0.373 e. The molecular formula is C14H18F2N2O2. The molecular weight excluding hydrogens is 266 g/mol. The first-order chi connectivity index (χ1) is 9.41. The first-order valence-corrected chi connectivity index (χ1v) is 6.53. The highest BCUT2D eigenvalue weighted by molar-refractivity contribution is 5.95. The van der Waals surface area contributed by atoms with E-state index in [1.54, 1.807) is 6.92 Å². The highest BCUT2D eigenvalue weighted by Gasteiger charge is 2.30. The van der Waals surface area contributed by atoms with Crippen LogP contribution in [0.25, 0.3) is 0 Å². The van der Waals surface area contributed by atoms with E-state index in [-0.39, 0.29) is 24.3 Å². The molecule has 20 heavy (non-hydrogen) atoms. The van der Waals surface area contributed by atoms with Gasteiger partial charge >= 0.3 is 0 Å². The SMILES string of the molecule is Cc1ccc(F)c(C(=O)N2CCOC(C(C)N)C2)c1F. The molecule has 0 radical (unpaired) electrons. The molecule has 1 amide bonds. The number of ether oxygens (including phenoxy) is 1. The van der Waals surface area contributed by atoms with E-state index in [2.05, 4.69) is 0 Å². The van der Waals surface area contributed by atoms with Gasteiger partial charge in [-0.25, -0.2) is 8.78 Å². The average molecular weight is 284 g/mol. The van der Waals surface area contributed by atoms with Gasteiger partial charge in [0, 0.05) is 19.1 Å². The van der Waals surface area contributed by atoms with E-state index >= 15 is 0 Å². The molecule has 2 rings (SSSR count). The number of benzene rings is 1. The second kappa shape index (κ2) is 5.85. The fraction of sp³-hybridized carbons (Fsp3) is 0.500. The zero-order valence-electron chi connectivity index (χ0n) is 11.5. The molecule has 0 aromatic heterocycles. The predicted molar refractivity (Wildman–Crippen MR) is 70.4 cm³/mol. The van der Waals surface area contributed by atoms with Crippen molar-refractivity contribution in [2.75, 3.05) is 19.7 Å². The number of nitrogens with two attached hydrogens (primary N) is 1. The van der Waals surface area contributed by atoms with Gasteiger partial charge in [-0.2, -0.15) is 0 Å². The van der Waals surface area contributed by atoms with Crippen LogP contribution in [0.4, 0.5) is 8.78 Å². The molecule has 1 heterocycles. The highest BCUT2D eigenvalue weighted by atomic mass is 19.1. The van der Waals surface area contributed by atoms with Gasteiger partial charge in [-0.1, -0.05) is 6.07 Å². The maximum atomic E-state index is 14.0. The van der Waals surface area contributed by atoms with Crippen molar-refractivity contribution in [3.05, 3.63) is 34.9 Å². The highest BCUT2D eigenvalue weighted by Crippen LogP contribution is 2.20. The van der Waals surface area contributed by atoms with Crippen LogP contribution in [0.3, 0.4) is 0 Å². The van der Waals surface area contributed by atoms with Crippen LogP contribution in [0, 0.1) is 18.6 Å². The Hall–Kier alpha value is -1.53. The quantitative estimate of drug-likeness (QED) is 0.894.